The lowest BCUT2D eigenvalue weighted by Crippen LogP contribution is -2.36. The molecule has 0 saturated carbocycles. The number of hydrogen-bond donors (Lipinski definition) is 2. The van der Waals surface area contributed by atoms with E-state index < -0.39 is 0 Å². The number of ether oxygens (including phenoxy) is 1. The second-order valence-corrected chi connectivity index (χ2v) is 9.18. The number of thiazole rings is 1. The van der Waals surface area contributed by atoms with Crippen molar-refractivity contribution in [1.29, 1.82) is 0 Å². The molecule has 3 aromatic heterocycles. The van der Waals surface area contributed by atoms with Crippen LogP contribution in [-0.4, -0.2) is 47.4 Å². The number of thiophene rings is 1. The number of H-pyrrole nitrogens is 1. The molecule has 1 aliphatic heterocycles. The van der Waals surface area contributed by atoms with E-state index in [0.717, 1.165) is 58.5 Å². The number of morpholine rings is 1. The molecule has 30 heavy (non-hydrogen) atoms. The summed E-state index contributed by atoms with van der Waals surface area (Å²) in [7, 11) is 0. The van der Waals surface area contributed by atoms with Crippen molar-refractivity contribution in [3.8, 4) is 9.88 Å². The SMILES string of the molecule is CCc1cnc(-c2cc3[nH]nc(NC(=O)c4ccc(N5CCOCC5)cc4)c3s2)s1. The number of nitrogens with zero attached hydrogens (tertiary/aromatic N) is 3. The summed E-state index contributed by atoms with van der Waals surface area (Å²) in [5.41, 5.74) is 2.61. The minimum absolute atomic E-state index is 0.172. The van der Waals surface area contributed by atoms with Gasteiger partial charge in [0.2, 0.25) is 0 Å². The molecule has 0 bridgehead atoms. The van der Waals surface area contributed by atoms with Gasteiger partial charge in [-0.25, -0.2) is 4.98 Å². The van der Waals surface area contributed by atoms with E-state index in [2.05, 4.69) is 32.3 Å². The van der Waals surface area contributed by atoms with E-state index in [9.17, 15) is 4.79 Å². The Morgan fingerprint density at radius 3 is 2.77 bits per heavy atom. The molecule has 154 valence electrons. The van der Waals surface area contributed by atoms with Crippen LogP contribution in [0.1, 0.15) is 22.2 Å². The van der Waals surface area contributed by atoms with Crippen LogP contribution in [0.15, 0.2) is 36.5 Å². The van der Waals surface area contributed by atoms with Crippen LogP contribution >= 0.6 is 22.7 Å². The highest BCUT2D eigenvalue weighted by Crippen LogP contribution is 2.38. The molecular formula is C21H21N5O2S2. The smallest absolute Gasteiger partial charge is 0.256 e. The third-order valence-corrected chi connectivity index (χ3v) is 7.54. The van der Waals surface area contributed by atoms with Gasteiger partial charge in [-0.05, 0) is 36.8 Å². The van der Waals surface area contributed by atoms with E-state index in [1.54, 1.807) is 22.7 Å². The lowest BCUT2D eigenvalue weighted by Gasteiger charge is -2.28. The van der Waals surface area contributed by atoms with E-state index in [1.807, 2.05) is 36.5 Å². The van der Waals surface area contributed by atoms with Crippen LogP contribution in [0, 0.1) is 0 Å². The first-order valence-electron chi connectivity index (χ1n) is 9.88. The van der Waals surface area contributed by atoms with Gasteiger partial charge in [0.05, 0.1) is 28.3 Å². The number of benzene rings is 1. The van der Waals surface area contributed by atoms with E-state index in [0.29, 0.717) is 11.4 Å². The molecule has 0 radical (unpaired) electrons. The highest BCUT2D eigenvalue weighted by atomic mass is 32.1. The van der Waals surface area contributed by atoms with Crippen molar-refractivity contribution < 1.29 is 9.53 Å². The van der Waals surface area contributed by atoms with E-state index in [4.69, 9.17) is 4.74 Å². The van der Waals surface area contributed by atoms with Gasteiger partial charge in [-0.15, -0.1) is 22.7 Å². The molecule has 1 amide bonds. The number of rotatable bonds is 5. The molecule has 5 rings (SSSR count). The van der Waals surface area contributed by atoms with Crippen molar-refractivity contribution in [2.75, 3.05) is 36.5 Å². The van der Waals surface area contributed by atoms with Crippen LogP contribution in [0.2, 0.25) is 0 Å². The van der Waals surface area contributed by atoms with Gasteiger partial charge in [-0.2, -0.15) is 5.10 Å². The average Bonchev–Trinajstić information content (AvgIpc) is 3.51. The van der Waals surface area contributed by atoms with Crippen molar-refractivity contribution in [3.63, 3.8) is 0 Å². The van der Waals surface area contributed by atoms with E-state index in [-0.39, 0.29) is 5.91 Å². The van der Waals surface area contributed by atoms with Crippen LogP contribution < -0.4 is 10.2 Å². The van der Waals surface area contributed by atoms with Crippen molar-refractivity contribution in [1.82, 2.24) is 15.2 Å². The Kier molecular flexibility index (Phi) is 5.24. The summed E-state index contributed by atoms with van der Waals surface area (Å²) in [4.78, 5) is 21.9. The molecule has 0 spiro atoms. The zero-order valence-electron chi connectivity index (χ0n) is 16.5. The molecule has 1 aromatic carbocycles. The Labute approximate surface area is 181 Å². The van der Waals surface area contributed by atoms with Gasteiger partial charge in [-0.3, -0.25) is 9.89 Å². The third kappa shape index (κ3) is 3.71. The summed E-state index contributed by atoms with van der Waals surface area (Å²) in [6, 6.07) is 9.71. The number of nitrogens with one attached hydrogen (secondary N) is 2. The fraction of sp³-hybridized carbons (Fsp3) is 0.286. The maximum atomic E-state index is 12.8. The number of aromatic amines is 1. The number of aryl methyl sites for hydroxylation is 1. The quantitative estimate of drug-likeness (QED) is 0.482. The Bertz CT molecular complexity index is 1170. The van der Waals surface area contributed by atoms with E-state index in [1.165, 1.54) is 4.88 Å². The molecule has 4 heterocycles. The fourth-order valence-electron chi connectivity index (χ4n) is 3.42. The summed E-state index contributed by atoms with van der Waals surface area (Å²) in [6.45, 7) is 5.34. The second kappa shape index (κ2) is 8.17. The molecule has 9 heteroatoms. The van der Waals surface area contributed by atoms with Crippen LogP contribution in [0.25, 0.3) is 20.1 Å². The zero-order chi connectivity index (χ0) is 20.5. The number of anilines is 2. The lowest BCUT2D eigenvalue weighted by molar-refractivity contribution is 0.102. The predicted octanol–water partition coefficient (Wildman–Crippen LogP) is 4.40. The Morgan fingerprint density at radius 2 is 2.03 bits per heavy atom. The van der Waals surface area contributed by atoms with Crippen LogP contribution in [0.5, 0.6) is 0 Å². The molecule has 1 saturated heterocycles. The van der Waals surface area contributed by atoms with Gasteiger partial charge in [-0.1, -0.05) is 6.92 Å². The average molecular weight is 440 g/mol. The van der Waals surface area contributed by atoms with Crippen molar-refractivity contribution in [2.45, 2.75) is 13.3 Å². The Morgan fingerprint density at radius 1 is 1.23 bits per heavy atom. The van der Waals surface area contributed by atoms with Gasteiger partial charge in [0, 0.05) is 35.4 Å². The minimum atomic E-state index is -0.172. The number of carbonyl (C=O) groups is 1. The number of fused-ring (bicyclic) bond motifs is 1. The molecule has 4 aromatic rings. The van der Waals surface area contributed by atoms with Crippen LogP contribution in [0.3, 0.4) is 0 Å². The van der Waals surface area contributed by atoms with Crippen LogP contribution in [0.4, 0.5) is 11.5 Å². The summed E-state index contributed by atoms with van der Waals surface area (Å²) >= 11 is 3.29. The number of carbonyl (C=O) groups excluding carboxylic acids is 1. The maximum Gasteiger partial charge on any atom is 0.256 e. The molecule has 0 unspecified atom stereocenters. The summed E-state index contributed by atoms with van der Waals surface area (Å²) in [5.74, 6) is 0.380. The van der Waals surface area contributed by atoms with E-state index >= 15 is 0 Å². The molecule has 0 aliphatic carbocycles. The molecule has 2 N–H and O–H groups in total. The van der Waals surface area contributed by atoms with Gasteiger partial charge in [0.1, 0.15) is 5.01 Å². The van der Waals surface area contributed by atoms with Crippen LogP contribution in [-0.2, 0) is 11.2 Å². The largest absolute Gasteiger partial charge is 0.378 e. The molecule has 1 aliphatic rings. The fourth-order valence-corrected chi connectivity index (χ4v) is 5.37. The van der Waals surface area contributed by atoms with Crippen molar-refractivity contribution in [3.05, 3.63) is 47.0 Å². The Balaban J connectivity index is 1.33. The first kappa shape index (κ1) is 19.2. The monoisotopic (exact) mass is 439 g/mol. The van der Waals surface area contributed by atoms with Crippen molar-refractivity contribution in [2.24, 2.45) is 0 Å². The van der Waals surface area contributed by atoms with Gasteiger partial charge in [0.15, 0.2) is 5.82 Å². The minimum Gasteiger partial charge on any atom is -0.378 e. The zero-order valence-corrected chi connectivity index (χ0v) is 18.1. The molecular weight excluding hydrogens is 418 g/mol. The van der Waals surface area contributed by atoms with Gasteiger partial charge >= 0.3 is 0 Å². The Hall–Kier alpha value is -2.75. The lowest BCUT2D eigenvalue weighted by atomic mass is 10.1. The maximum absolute atomic E-state index is 12.8. The first-order valence-corrected chi connectivity index (χ1v) is 11.5. The van der Waals surface area contributed by atoms with Gasteiger partial charge < -0.3 is 15.0 Å². The summed E-state index contributed by atoms with van der Waals surface area (Å²) < 4.78 is 6.32. The molecule has 1 fully saturated rings. The normalized spacial score (nSPS) is 14.4. The molecule has 7 nitrogen and oxygen atoms in total. The van der Waals surface area contributed by atoms with Crippen molar-refractivity contribution >= 4 is 50.3 Å². The number of hydrogen-bond acceptors (Lipinski definition) is 7. The topological polar surface area (TPSA) is 83.1 Å². The summed E-state index contributed by atoms with van der Waals surface area (Å²) in [6.07, 6.45) is 2.91. The number of amides is 1. The standard InChI is InChI=1S/C21H21N5O2S2/c1-2-15-12-22-21(29-15)17-11-16-18(30-17)19(25-24-16)23-20(27)13-3-5-14(6-4-13)26-7-9-28-10-8-26/h3-6,11-12H,2,7-10H2,1H3,(H2,23,24,25,27). The highest BCUT2D eigenvalue weighted by Gasteiger charge is 2.17. The van der Waals surface area contributed by atoms with Gasteiger partial charge in [0.25, 0.3) is 5.91 Å². The number of aromatic nitrogens is 3. The molecule has 0 atom stereocenters. The summed E-state index contributed by atoms with van der Waals surface area (Å²) in [5, 5.41) is 11.2. The second-order valence-electron chi connectivity index (χ2n) is 7.01. The third-order valence-electron chi connectivity index (χ3n) is 5.09. The first-order chi connectivity index (χ1) is 14.7. The predicted molar refractivity (Wildman–Crippen MR) is 122 cm³/mol. The highest BCUT2D eigenvalue weighted by molar-refractivity contribution is 7.26.